The Kier molecular flexibility index (Phi) is 5.50. The average Bonchev–Trinajstić information content (AvgIpc) is 3.14. The maximum absolute atomic E-state index is 12.7. The summed E-state index contributed by atoms with van der Waals surface area (Å²) in [6.07, 6.45) is 9.74. The van der Waals surface area contributed by atoms with Gasteiger partial charge in [-0.1, -0.05) is 16.9 Å². The van der Waals surface area contributed by atoms with Crippen LogP contribution in [0.15, 0.2) is 33.9 Å². The smallest absolute Gasteiger partial charge is 0.272 e. The van der Waals surface area contributed by atoms with E-state index in [4.69, 9.17) is 4.52 Å². The molecule has 6 rings (SSSR count). The minimum absolute atomic E-state index is 0.0912. The molecule has 0 saturated heterocycles. The first-order valence-electron chi connectivity index (χ1n) is 11.1. The highest BCUT2D eigenvalue weighted by atomic mass is 32.2. The molecule has 0 spiro atoms. The molecule has 8 heteroatoms. The zero-order valence-electron chi connectivity index (χ0n) is 17.7. The summed E-state index contributed by atoms with van der Waals surface area (Å²) >= 11 is 1.41. The summed E-state index contributed by atoms with van der Waals surface area (Å²) in [5.41, 5.74) is 6.63. The fraction of sp³-hybridized carbons (Fsp3) is 0.565. The van der Waals surface area contributed by atoms with E-state index in [1.54, 1.807) is 18.3 Å². The fourth-order valence-electron chi connectivity index (χ4n) is 6.39. The molecule has 31 heavy (non-hydrogen) atoms. The highest BCUT2D eigenvalue weighted by Crippen LogP contribution is 2.61. The molecule has 4 fully saturated rings. The molecule has 164 valence electrons. The molecule has 0 unspecified atom stereocenters. The van der Waals surface area contributed by atoms with Crippen molar-refractivity contribution in [2.75, 3.05) is 0 Å². The first-order chi connectivity index (χ1) is 15.0. The molecule has 4 aliphatic carbocycles. The van der Waals surface area contributed by atoms with Gasteiger partial charge in [-0.25, -0.2) is 4.98 Å². The van der Waals surface area contributed by atoms with Crippen LogP contribution in [0.25, 0.3) is 0 Å². The van der Waals surface area contributed by atoms with E-state index in [2.05, 4.69) is 21.0 Å². The van der Waals surface area contributed by atoms with Gasteiger partial charge in [-0.05, 0) is 80.8 Å². The Balaban J connectivity index is 1.17. The lowest BCUT2D eigenvalue weighted by atomic mass is 9.49. The van der Waals surface area contributed by atoms with Crippen LogP contribution >= 0.6 is 11.8 Å². The molecule has 2 aromatic rings. The second-order valence-electron chi connectivity index (χ2n) is 9.67. The van der Waals surface area contributed by atoms with E-state index >= 15 is 0 Å². The van der Waals surface area contributed by atoms with Crippen LogP contribution in [0, 0.1) is 30.1 Å². The van der Waals surface area contributed by atoms with Gasteiger partial charge in [0.25, 0.3) is 5.91 Å². The van der Waals surface area contributed by atoms with Gasteiger partial charge in [0.15, 0.2) is 0 Å². The Labute approximate surface area is 186 Å². The number of pyridine rings is 1. The number of aromatic nitrogens is 2. The quantitative estimate of drug-likeness (QED) is 0.520. The van der Waals surface area contributed by atoms with Crippen LogP contribution in [0.4, 0.5) is 0 Å². The SMILES string of the molecule is Cc1cc(CSc2ncccc2C(=O)NNC(=O)CC23CC4CC(CC(C4)C2)C3)no1. The van der Waals surface area contributed by atoms with E-state index in [1.165, 1.54) is 50.3 Å². The molecule has 0 atom stereocenters. The molecular formula is C23H28N4O3S. The molecule has 2 N–H and O–H groups in total. The number of aryl methyl sites for hydroxylation is 1. The van der Waals surface area contributed by atoms with Crippen molar-refractivity contribution < 1.29 is 14.1 Å². The topological polar surface area (TPSA) is 97.1 Å². The third-order valence-corrected chi connectivity index (χ3v) is 8.10. The van der Waals surface area contributed by atoms with Gasteiger partial charge in [-0.3, -0.25) is 20.4 Å². The van der Waals surface area contributed by atoms with E-state index < -0.39 is 0 Å². The van der Waals surface area contributed by atoms with Crippen LogP contribution < -0.4 is 10.9 Å². The molecule has 0 aromatic carbocycles. The largest absolute Gasteiger partial charge is 0.361 e. The van der Waals surface area contributed by atoms with Crippen LogP contribution in [0.1, 0.15) is 66.8 Å². The van der Waals surface area contributed by atoms with E-state index in [0.717, 1.165) is 29.2 Å². The molecular weight excluding hydrogens is 412 g/mol. The predicted molar refractivity (Wildman–Crippen MR) is 116 cm³/mol. The normalized spacial score (nSPS) is 28.5. The number of hydrazine groups is 1. The number of hydrogen-bond acceptors (Lipinski definition) is 6. The maximum Gasteiger partial charge on any atom is 0.272 e. The highest BCUT2D eigenvalue weighted by Gasteiger charge is 2.51. The van der Waals surface area contributed by atoms with Crippen molar-refractivity contribution in [2.45, 2.75) is 62.6 Å². The fourth-order valence-corrected chi connectivity index (χ4v) is 7.26. The Hall–Kier alpha value is -2.35. The number of thioether (sulfide) groups is 1. The van der Waals surface area contributed by atoms with E-state index in [9.17, 15) is 9.59 Å². The molecule has 0 aliphatic heterocycles. The van der Waals surface area contributed by atoms with Gasteiger partial charge in [0.2, 0.25) is 5.91 Å². The summed E-state index contributed by atoms with van der Waals surface area (Å²) in [5.74, 6) is 3.26. The van der Waals surface area contributed by atoms with E-state index in [1.807, 2.05) is 13.0 Å². The third kappa shape index (κ3) is 4.49. The zero-order chi connectivity index (χ0) is 21.4. The third-order valence-electron chi connectivity index (χ3n) is 7.07. The maximum atomic E-state index is 12.7. The molecule has 4 bridgehead atoms. The van der Waals surface area contributed by atoms with E-state index in [-0.39, 0.29) is 17.2 Å². The monoisotopic (exact) mass is 440 g/mol. The number of carbonyl (C=O) groups is 2. The lowest BCUT2D eigenvalue weighted by Gasteiger charge is -2.56. The van der Waals surface area contributed by atoms with Gasteiger partial charge in [-0.2, -0.15) is 0 Å². The number of rotatable bonds is 6. The van der Waals surface area contributed by atoms with Crippen LogP contribution in [-0.4, -0.2) is 22.0 Å². The average molecular weight is 441 g/mol. The highest BCUT2D eigenvalue weighted by molar-refractivity contribution is 7.98. The number of nitrogens with zero attached hydrogens (tertiary/aromatic N) is 2. The van der Waals surface area contributed by atoms with Crippen molar-refractivity contribution >= 4 is 23.6 Å². The summed E-state index contributed by atoms with van der Waals surface area (Å²) in [4.78, 5) is 29.8. The van der Waals surface area contributed by atoms with Gasteiger partial charge in [0.1, 0.15) is 10.8 Å². The molecule has 7 nitrogen and oxygen atoms in total. The molecule has 2 amide bonds. The second-order valence-corrected chi connectivity index (χ2v) is 10.6. The number of carbonyl (C=O) groups excluding carboxylic acids is 2. The Morgan fingerprint density at radius 2 is 1.87 bits per heavy atom. The van der Waals surface area contributed by atoms with Gasteiger partial charge < -0.3 is 4.52 Å². The van der Waals surface area contributed by atoms with Gasteiger partial charge in [-0.15, -0.1) is 0 Å². The Morgan fingerprint density at radius 1 is 1.16 bits per heavy atom. The summed E-state index contributed by atoms with van der Waals surface area (Å²) in [7, 11) is 0. The van der Waals surface area contributed by atoms with Crippen LogP contribution in [0.2, 0.25) is 0 Å². The standard InChI is InChI=1S/C23H28N4O3S/c1-14-5-18(27-30-14)13-31-22-19(3-2-4-24-22)21(29)26-25-20(28)12-23-9-15-6-16(10-23)8-17(7-15)11-23/h2-5,15-17H,6-13H2,1H3,(H,25,28)(H,26,29). The number of hydrogen-bond donors (Lipinski definition) is 2. The molecule has 0 radical (unpaired) electrons. The number of amides is 2. The van der Waals surface area contributed by atoms with Crippen LogP contribution in [-0.2, 0) is 10.5 Å². The summed E-state index contributed by atoms with van der Waals surface area (Å²) in [5, 5.41) is 4.57. The summed E-state index contributed by atoms with van der Waals surface area (Å²) < 4.78 is 5.08. The first kappa shape index (κ1) is 20.5. The van der Waals surface area contributed by atoms with Crippen molar-refractivity contribution in [3.8, 4) is 0 Å². The van der Waals surface area contributed by atoms with Crippen molar-refractivity contribution in [3.05, 3.63) is 41.4 Å². The molecule has 2 heterocycles. The molecule has 4 saturated carbocycles. The van der Waals surface area contributed by atoms with Gasteiger partial charge in [0, 0.05) is 24.4 Å². The van der Waals surface area contributed by atoms with Crippen molar-refractivity contribution in [3.63, 3.8) is 0 Å². The summed E-state index contributed by atoms with van der Waals surface area (Å²) in [6.45, 7) is 1.84. The lowest BCUT2D eigenvalue weighted by molar-refractivity contribution is -0.130. The van der Waals surface area contributed by atoms with Gasteiger partial charge >= 0.3 is 0 Å². The lowest BCUT2D eigenvalue weighted by Crippen LogP contribution is -2.50. The number of nitrogens with one attached hydrogen (secondary N) is 2. The predicted octanol–water partition coefficient (Wildman–Crippen LogP) is 4.04. The van der Waals surface area contributed by atoms with Crippen LogP contribution in [0.3, 0.4) is 0 Å². The van der Waals surface area contributed by atoms with Crippen molar-refractivity contribution in [1.82, 2.24) is 21.0 Å². The van der Waals surface area contributed by atoms with Crippen LogP contribution in [0.5, 0.6) is 0 Å². The Bertz CT molecular complexity index is 953. The summed E-state index contributed by atoms with van der Waals surface area (Å²) in [6, 6.07) is 5.29. The van der Waals surface area contributed by atoms with Crippen molar-refractivity contribution in [1.29, 1.82) is 0 Å². The molecule has 2 aromatic heterocycles. The Morgan fingerprint density at radius 3 is 2.52 bits per heavy atom. The second kappa shape index (κ2) is 8.30. The minimum atomic E-state index is -0.356. The van der Waals surface area contributed by atoms with E-state index in [0.29, 0.717) is 22.8 Å². The van der Waals surface area contributed by atoms with Gasteiger partial charge in [0.05, 0.1) is 11.3 Å². The zero-order valence-corrected chi connectivity index (χ0v) is 18.5. The minimum Gasteiger partial charge on any atom is -0.361 e. The first-order valence-corrected chi connectivity index (χ1v) is 12.1. The van der Waals surface area contributed by atoms with Crippen molar-refractivity contribution in [2.24, 2.45) is 23.2 Å². The molecule has 4 aliphatic rings.